The van der Waals surface area contributed by atoms with Crippen molar-refractivity contribution >= 4 is 0 Å². The van der Waals surface area contributed by atoms with Crippen molar-refractivity contribution in [1.29, 1.82) is 5.26 Å². The third-order valence-corrected chi connectivity index (χ3v) is 4.46. The smallest absolute Gasteiger partial charge is 0.0929 e. The van der Waals surface area contributed by atoms with Crippen LogP contribution >= 0.6 is 0 Å². The predicted octanol–water partition coefficient (Wildman–Crippen LogP) is 2.71. The lowest BCUT2D eigenvalue weighted by Crippen LogP contribution is -2.53. The van der Waals surface area contributed by atoms with Crippen molar-refractivity contribution in [1.82, 2.24) is 0 Å². The Kier molecular flexibility index (Phi) is 3.22. The Labute approximate surface area is 104 Å². The monoisotopic (exact) mass is 229 g/mol. The largest absolute Gasteiger partial charge is 0.326 e. The molecule has 0 aliphatic carbocycles. The van der Waals surface area contributed by atoms with E-state index in [4.69, 9.17) is 0 Å². The Morgan fingerprint density at radius 1 is 1.24 bits per heavy atom. The number of likely N-dealkylation sites (tertiary alicyclic amines) is 1. The molecule has 2 heteroatoms. The first kappa shape index (κ1) is 12.1. The van der Waals surface area contributed by atoms with Crippen molar-refractivity contribution in [2.45, 2.75) is 25.2 Å². The second kappa shape index (κ2) is 4.50. The van der Waals surface area contributed by atoms with E-state index in [-0.39, 0.29) is 5.41 Å². The van der Waals surface area contributed by atoms with Gasteiger partial charge in [0.05, 0.1) is 38.2 Å². The van der Waals surface area contributed by atoms with Crippen LogP contribution in [0.4, 0.5) is 0 Å². The lowest BCUT2D eigenvalue weighted by molar-refractivity contribution is -0.913. The highest BCUT2D eigenvalue weighted by molar-refractivity contribution is 5.32. The molecule has 1 aliphatic rings. The maximum atomic E-state index is 9.58. The van der Waals surface area contributed by atoms with Crippen molar-refractivity contribution in [3.8, 4) is 6.07 Å². The molecule has 1 aromatic rings. The summed E-state index contributed by atoms with van der Waals surface area (Å²) in [5, 5.41) is 9.58. The highest BCUT2D eigenvalue weighted by Crippen LogP contribution is 2.36. The topological polar surface area (TPSA) is 23.8 Å². The minimum atomic E-state index is -0.242. The van der Waals surface area contributed by atoms with E-state index in [0.29, 0.717) is 0 Å². The second-order valence-corrected chi connectivity index (χ2v) is 5.44. The Hall–Kier alpha value is -1.33. The van der Waals surface area contributed by atoms with Gasteiger partial charge in [-0.1, -0.05) is 30.3 Å². The molecule has 2 rings (SSSR count). The van der Waals surface area contributed by atoms with Crippen LogP contribution in [-0.2, 0) is 5.41 Å². The summed E-state index contributed by atoms with van der Waals surface area (Å²) < 4.78 is 1.11. The van der Waals surface area contributed by atoms with E-state index in [1.807, 2.05) is 18.2 Å². The molecule has 0 amide bonds. The molecule has 0 N–H and O–H groups in total. The average Bonchev–Trinajstić information content (AvgIpc) is 2.41. The van der Waals surface area contributed by atoms with Crippen molar-refractivity contribution in [2.24, 2.45) is 0 Å². The molecule has 0 aromatic heterocycles. The summed E-state index contributed by atoms with van der Waals surface area (Å²) >= 11 is 0. The van der Waals surface area contributed by atoms with Crippen molar-refractivity contribution < 1.29 is 4.48 Å². The van der Waals surface area contributed by atoms with Gasteiger partial charge in [-0.15, -0.1) is 0 Å². The molecule has 0 bridgehead atoms. The zero-order valence-corrected chi connectivity index (χ0v) is 10.8. The Bertz CT molecular complexity index is 408. The van der Waals surface area contributed by atoms with Crippen LogP contribution in [0.15, 0.2) is 30.3 Å². The molecular formula is C15H21N2+. The second-order valence-electron chi connectivity index (χ2n) is 5.44. The van der Waals surface area contributed by atoms with Gasteiger partial charge in [-0.3, -0.25) is 0 Å². The number of piperidine rings is 1. The van der Waals surface area contributed by atoms with Gasteiger partial charge in [0.1, 0.15) is 0 Å². The fourth-order valence-electron chi connectivity index (χ4n) is 2.70. The number of nitrogens with zero attached hydrogens (tertiary/aromatic N) is 2. The summed E-state index contributed by atoms with van der Waals surface area (Å²) in [6.45, 7) is 5.62. The van der Waals surface area contributed by atoms with Gasteiger partial charge in [-0.2, -0.15) is 5.26 Å². The minimum Gasteiger partial charge on any atom is -0.326 e. The van der Waals surface area contributed by atoms with E-state index in [0.717, 1.165) is 37.0 Å². The third kappa shape index (κ3) is 2.21. The molecule has 1 fully saturated rings. The quantitative estimate of drug-likeness (QED) is 0.715. The summed E-state index contributed by atoms with van der Waals surface area (Å²) in [4.78, 5) is 0. The molecule has 17 heavy (non-hydrogen) atoms. The van der Waals surface area contributed by atoms with Crippen LogP contribution < -0.4 is 0 Å². The molecule has 1 aliphatic heterocycles. The van der Waals surface area contributed by atoms with Crippen LogP contribution in [0, 0.1) is 11.3 Å². The van der Waals surface area contributed by atoms with E-state index in [2.05, 4.69) is 32.2 Å². The lowest BCUT2D eigenvalue weighted by Gasteiger charge is -2.43. The molecule has 2 nitrogen and oxygen atoms in total. The molecule has 0 unspecified atom stereocenters. The number of rotatable bonds is 2. The van der Waals surface area contributed by atoms with Gasteiger partial charge in [0.15, 0.2) is 0 Å². The fraction of sp³-hybridized carbons (Fsp3) is 0.533. The predicted molar refractivity (Wildman–Crippen MR) is 69.4 cm³/mol. The zero-order chi connectivity index (χ0) is 12.4. The van der Waals surface area contributed by atoms with E-state index in [9.17, 15) is 5.26 Å². The van der Waals surface area contributed by atoms with E-state index < -0.39 is 0 Å². The summed E-state index contributed by atoms with van der Waals surface area (Å²) in [6.07, 6.45) is 1.97. The van der Waals surface area contributed by atoms with Crippen LogP contribution in [0.2, 0.25) is 0 Å². The molecular weight excluding hydrogens is 208 g/mol. The molecule has 0 radical (unpaired) electrons. The van der Waals surface area contributed by atoms with E-state index >= 15 is 0 Å². The highest BCUT2D eigenvalue weighted by atomic mass is 15.3. The normalized spacial score (nSPS) is 33.0. The van der Waals surface area contributed by atoms with Gasteiger partial charge in [0, 0.05) is 12.8 Å². The first-order valence-electron chi connectivity index (χ1n) is 6.44. The van der Waals surface area contributed by atoms with Gasteiger partial charge in [0.2, 0.25) is 0 Å². The zero-order valence-electron chi connectivity index (χ0n) is 10.8. The molecule has 0 spiro atoms. The van der Waals surface area contributed by atoms with E-state index in [1.54, 1.807) is 0 Å². The average molecular weight is 229 g/mol. The molecule has 1 saturated heterocycles. The molecule has 1 heterocycles. The van der Waals surface area contributed by atoms with Crippen LogP contribution in [0.5, 0.6) is 0 Å². The SMILES string of the molecule is CC[N+]1(C)CCC(C#N)(c2ccccc2)CC1. The van der Waals surface area contributed by atoms with Crippen molar-refractivity contribution in [2.75, 3.05) is 26.7 Å². The van der Waals surface area contributed by atoms with Gasteiger partial charge in [-0.25, -0.2) is 0 Å². The number of benzene rings is 1. The van der Waals surface area contributed by atoms with Crippen LogP contribution in [-0.4, -0.2) is 31.2 Å². The Morgan fingerprint density at radius 3 is 2.29 bits per heavy atom. The Morgan fingerprint density at radius 2 is 1.82 bits per heavy atom. The standard InChI is InChI=1S/C15H21N2/c1-3-17(2)11-9-15(13-16,10-12-17)14-7-5-4-6-8-14/h4-8H,3,9-12H2,1-2H3/q+1. The molecule has 1 aromatic carbocycles. The summed E-state index contributed by atoms with van der Waals surface area (Å²) in [6, 6.07) is 12.9. The van der Waals surface area contributed by atoms with Gasteiger partial charge >= 0.3 is 0 Å². The highest BCUT2D eigenvalue weighted by Gasteiger charge is 2.41. The van der Waals surface area contributed by atoms with Gasteiger partial charge in [-0.05, 0) is 12.5 Å². The number of quaternary nitrogens is 1. The number of hydrogen-bond donors (Lipinski definition) is 0. The molecule has 90 valence electrons. The lowest BCUT2D eigenvalue weighted by atomic mass is 9.73. The first-order valence-corrected chi connectivity index (χ1v) is 6.44. The van der Waals surface area contributed by atoms with Crippen molar-refractivity contribution in [3.63, 3.8) is 0 Å². The molecule has 0 atom stereocenters. The summed E-state index contributed by atoms with van der Waals surface area (Å²) in [5.74, 6) is 0. The minimum absolute atomic E-state index is 0.242. The maximum absolute atomic E-state index is 9.58. The van der Waals surface area contributed by atoms with Crippen LogP contribution in [0.25, 0.3) is 0 Å². The fourth-order valence-corrected chi connectivity index (χ4v) is 2.70. The summed E-state index contributed by atoms with van der Waals surface area (Å²) in [7, 11) is 2.30. The first-order chi connectivity index (χ1) is 8.14. The third-order valence-electron chi connectivity index (χ3n) is 4.46. The van der Waals surface area contributed by atoms with Crippen molar-refractivity contribution in [3.05, 3.63) is 35.9 Å². The van der Waals surface area contributed by atoms with Gasteiger partial charge in [0.25, 0.3) is 0 Å². The van der Waals surface area contributed by atoms with Gasteiger partial charge < -0.3 is 4.48 Å². The molecule has 0 saturated carbocycles. The number of hydrogen-bond acceptors (Lipinski definition) is 1. The summed E-state index contributed by atoms with van der Waals surface area (Å²) in [5.41, 5.74) is 0.957. The van der Waals surface area contributed by atoms with Crippen LogP contribution in [0.1, 0.15) is 25.3 Å². The number of nitriles is 1. The van der Waals surface area contributed by atoms with Crippen LogP contribution in [0.3, 0.4) is 0 Å². The maximum Gasteiger partial charge on any atom is 0.0929 e. The Balaban J connectivity index is 2.23. The van der Waals surface area contributed by atoms with E-state index in [1.165, 1.54) is 5.56 Å².